The van der Waals surface area contributed by atoms with Crippen molar-refractivity contribution in [2.24, 2.45) is 0 Å². The number of benzene rings is 2. The van der Waals surface area contributed by atoms with Crippen LogP contribution >= 0.6 is 0 Å². The summed E-state index contributed by atoms with van der Waals surface area (Å²) in [5.41, 5.74) is 3.11. The van der Waals surface area contributed by atoms with E-state index >= 15 is 0 Å². The molecule has 2 amide bonds. The molecule has 1 aromatic heterocycles. The second kappa shape index (κ2) is 9.47. The van der Waals surface area contributed by atoms with Gasteiger partial charge in [0, 0.05) is 36.0 Å². The molecule has 1 fully saturated rings. The molecule has 3 aromatic rings. The van der Waals surface area contributed by atoms with Crippen molar-refractivity contribution >= 4 is 34.1 Å². The Bertz CT molecular complexity index is 1020. The maximum atomic E-state index is 12.5. The molecule has 2 aromatic carbocycles. The zero-order chi connectivity index (χ0) is 20.8. The van der Waals surface area contributed by atoms with Crippen molar-refractivity contribution in [2.75, 3.05) is 43.5 Å². The van der Waals surface area contributed by atoms with Crippen LogP contribution in [0, 0.1) is 0 Å². The summed E-state index contributed by atoms with van der Waals surface area (Å²) >= 11 is 0. The SMILES string of the molecule is O=C(Cc1cccc2cccnc12)Nc1ccc(NC(=O)CN2CCOCC2)cc1. The van der Waals surface area contributed by atoms with Crippen molar-refractivity contribution < 1.29 is 14.3 Å². The number of para-hydroxylation sites is 1. The van der Waals surface area contributed by atoms with E-state index in [0.29, 0.717) is 31.1 Å². The number of anilines is 2. The lowest BCUT2D eigenvalue weighted by Gasteiger charge is -2.25. The van der Waals surface area contributed by atoms with Crippen LogP contribution in [0.4, 0.5) is 11.4 Å². The summed E-state index contributed by atoms with van der Waals surface area (Å²) in [5.74, 6) is -0.172. The Morgan fingerprint density at radius 1 is 0.900 bits per heavy atom. The summed E-state index contributed by atoms with van der Waals surface area (Å²) in [6, 6.07) is 16.8. The van der Waals surface area contributed by atoms with Crippen molar-refractivity contribution in [1.29, 1.82) is 0 Å². The second-order valence-corrected chi connectivity index (χ2v) is 7.23. The standard InChI is InChI=1S/C23H24N4O3/c28-21(15-18-4-1-3-17-5-2-10-24-23(17)18)25-19-6-8-20(9-7-19)26-22(29)16-27-11-13-30-14-12-27/h1-10H,11-16H2,(H,25,28)(H,26,29). The number of ether oxygens (including phenoxy) is 1. The van der Waals surface area contributed by atoms with Crippen LogP contribution in [-0.2, 0) is 20.7 Å². The van der Waals surface area contributed by atoms with Gasteiger partial charge in [0.05, 0.1) is 31.7 Å². The van der Waals surface area contributed by atoms with Gasteiger partial charge < -0.3 is 15.4 Å². The Labute approximate surface area is 175 Å². The normalized spacial score (nSPS) is 14.4. The monoisotopic (exact) mass is 404 g/mol. The predicted molar refractivity (Wildman–Crippen MR) is 116 cm³/mol. The van der Waals surface area contributed by atoms with Gasteiger partial charge in [-0.1, -0.05) is 24.3 Å². The van der Waals surface area contributed by atoms with Crippen LogP contribution in [0.1, 0.15) is 5.56 Å². The van der Waals surface area contributed by atoms with Gasteiger partial charge in [-0.05, 0) is 35.9 Å². The lowest BCUT2D eigenvalue weighted by atomic mass is 10.1. The summed E-state index contributed by atoms with van der Waals surface area (Å²) in [7, 11) is 0. The van der Waals surface area contributed by atoms with Gasteiger partial charge in [0.2, 0.25) is 11.8 Å². The van der Waals surface area contributed by atoms with Crippen LogP contribution in [0.3, 0.4) is 0 Å². The molecule has 1 aliphatic heterocycles. The minimum absolute atomic E-state index is 0.0582. The summed E-state index contributed by atoms with van der Waals surface area (Å²) in [6.07, 6.45) is 1.97. The number of carbonyl (C=O) groups is 2. The summed E-state index contributed by atoms with van der Waals surface area (Å²) in [6.45, 7) is 3.21. The lowest BCUT2D eigenvalue weighted by molar-refractivity contribution is -0.118. The molecule has 4 rings (SSSR count). The fourth-order valence-corrected chi connectivity index (χ4v) is 3.49. The number of nitrogens with zero attached hydrogens (tertiary/aromatic N) is 2. The van der Waals surface area contributed by atoms with Gasteiger partial charge in [-0.25, -0.2) is 0 Å². The zero-order valence-electron chi connectivity index (χ0n) is 16.6. The lowest BCUT2D eigenvalue weighted by Crippen LogP contribution is -2.41. The number of amides is 2. The van der Waals surface area contributed by atoms with E-state index in [1.807, 2.05) is 30.3 Å². The Morgan fingerprint density at radius 2 is 1.57 bits per heavy atom. The van der Waals surface area contributed by atoms with Crippen LogP contribution < -0.4 is 10.6 Å². The first-order valence-corrected chi connectivity index (χ1v) is 10.00. The molecule has 1 saturated heterocycles. The average Bonchev–Trinajstić information content (AvgIpc) is 2.76. The summed E-state index contributed by atoms with van der Waals surface area (Å²) in [4.78, 5) is 31.1. The number of hydrogen-bond acceptors (Lipinski definition) is 5. The van der Waals surface area contributed by atoms with Crippen molar-refractivity contribution in [3.05, 3.63) is 66.4 Å². The molecule has 1 aliphatic rings. The van der Waals surface area contributed by atoms with Crippen molar-refractivity contribution in [3.63, 3.8) is 0 Å². The minimum Gasteiger partial charge on any atom is -0.379 e. The summed E-state index contributed by atoms with van der Waals surface area (Å²) < 4.78 is 5.29. The van der Waals surface area contributed by atoms with Crippen molar-refractivity contribution in [3.8, 4) is 0 Å². The maximum absolute atomic E-state index is 12.5. The predicted octanol–water partition coefficient (Wildman–Crippen LogP) is 2.69. The molecule has 154 valence electrons. The fourth-order valence-electron chi connectivity index (χ4n) is 3.49. The third kappa shape index (κ3) is 5.20. The molecule has 0 atom stereocenters. The number of carbonyl (C=O) groups excluding carboxylic acids is 2. The molecular weight excluding hydrogens is 380 g/mol. The number of rotatable bonds is 6. The van der Waals surface area contributed by atoms with Gasteiger partial charge >= 0.3 is 0 Å². The highest BCUT2D eigenvalue weighted by atomic mass is 16.5. The molecule has 0 aliphatic carbocycles. The van der Waals surface area contributed by atoms with E-state index in [2.05, 4.69) is 20.5 Å². The zero-order valence-corrected chi connectivity index (χ0v) is 16.6. The van der Waals surface area contributed by atoms with Crippen LogP contribution in [-0.4, -0.2) is 54.5 Å². The van der Waals surface area contributed by atoms with Crippen LogP contribution in [0.5, 0.6) is 0 Å². The molecule has 7 heteroatoms. The van der Waals surface area contributed by atoms with Gasteiger partial charge in [-0.3, -0.25) is 19.5 Å². The van der Waals surface area contributed by atoms with E-state index in [-0.39, 0.29) is 18.2 Å². The molecule has 2 N–H and O–H groups in total. The molecule has 7 nitrogen and oxygen atoms in total. The topological polar surface area (TPSA) is 83.6 Å². The fraction of sp³-hybridized carbons (Fsp3) is 0.261. The number of aromatic nitrogens is 1. The van der Waals surface area contributed by atoms with E-state index < -0.39 is 0 Å². The van der Waals surface area contributed by atoms with E-state index in [1.165, 1.54) is 0 Å². The smallest absolute Gasteiger partial charge is 0.238 e. The Hall–Kier alpha value is -3.29. The number of nitrogens with one attached hydrogen (secondary N) is 2. The Morgan fingerprint density at radius 3 is 2.30 bits per heavy atom. The van der Waals surface area contributed by atoms with Crippen LogP contribution in [0.25, 0.3) is 10.9 Å². The highest BCUT2D eigenvalue weighted by Gasteiger charge is 2.14. The number of fused-ring (bicyclic) bond motifs is 1. The largest absolute Gasteiger partial charge is 0.379 e. The maximum Gasteiger partial charge on any atom is 0.238 e. The number of hydrogen-bond donors (Lipinski definition) is 2. The average molecular weight is 404 g/mol. The molecule has 0 bridgehead atoms. The number of pyridine rings is 1. The molecule has 0 radical (unpaired) electrons. The van der Waals surface area contributed by atoms with Crippen LogP contribution in [0.15, 0.2) is 60.8 Å². The van der Waals surface area contributed by atoms with Gasteiger partial charge in [0.25, 0.3) is 0 Å². The Kier molecular flexibility index (Phi) is 6.32. The van der Waals surface area contributed by atoms with Gasteiger partial charge in [0.15, 0.2) is 0 Å². The number of morpholine rings is 1. The van der Waals surface area contributed by atoms with E-state index in [4.69, 9.17) is 4.74 Å². The molecule has 0 saturated carbocycles. The molecule has 30 heavy (non-hydrogen) atoms. The highest BCUT2D eigenvalue weighted by Crippen LogP contribution is 2.18. The third-order valence-corrected chi connectivity index (χ3v) is 4.99. The molecule has 2 heterocycles. The molecular formula is C23H24N4O3. The quantitative estimate of drug-likeness (QED) is 0.660. The van der Waals surface area contributed by atoms with Gasteiger partial charge in [-0.15, -0.1) is 0 Å². The highest BCUT2D eigenvalue weighted by molar-refractivity contribution is 5.96. The molecule has 0 spiro atoms. The van der Waals surface area contributed by atoms with E-state index in [0.717, 1.165) is 29.6 Å². The van der Waals surface area contributed by atoms with E-state index in [9.17, 15) is 9.59 Å². The van der Waals surface area contributed by atoms with Crippen molar-refractivity contribution in [1.82, 2.24) is 9.88 Å². The molecule has 0 unspecified atom stereocenters. The first-order valence-electron chi connectivity index (χ1n) is 10.00. The first-order chi connectivity index (χ1) is 14.7. The van der Waals surface area contributed by atoms with Crippen molar-refractivity contribution in [2.45, 2.75) is 6.42 Å². The first kappa shape index (κ1) is 20.0. The van der Waals surface area contributed by atoms with Gasteiger partial charge in [-0.2, -0.15) is 0 Å². The van der Waals surface area contributed by atoms with Crippen LogP contribution in [0.2, 0.25) is 0 Å². The van der Waals surface area contributed by atoms with E-state index in [1.54, 1.807) is 30.5 Å². The Balaban J connectivity index is 1.31. The minimum atomic E-state index is -0.114. The second-order valence-electron chi connectivity index (χ2n) is 7.23. The van der Waals surface area contributed by atoms with Gasteiger partial charge in [0.1, 0.15) is 0 Å². The summed E-state index contributed by atoms with van der Waals surface area (Å²) in [5, 5.41) is 6.80. The third-order valence-electron chi connectivity index (χ3n) is 4.99.